The second-order valence-corrected chi connectivity index (χ2v) is 9.21. The summed E-state index contributed by atoms with van der Waals surface area (Å²) in [6.45, 7) is 4.51. The van der Waals surface area contributed by atoms with Crippen LogP contribution < -0.4 is 19.1 Å². The number of ketones is 1. The average molecular weight is 500 g/mol. The summed E-state index contributed by atoms with van der Waals surface area (Å²) in [5, 5.41) is 11.5. The zero-order valence-electron chi connectivity index (χ0n) is 21.1. The molecule has 0 radical (unpaired) electrons. The van der Waals surface area contributed by atoms with Gasteiger partial charge in [-0.05, 0) is 55.3 Å². The van der Waals surface area contributed by atoms with E-state index >= 15 is 0 Å². The third kappa shape index (κ3) is 4.42. The van der Waals surface area contributed by atoms with Gasteiger partial charge < -0.3 is 19.3 Å². The summed E-state index contributed by atoms with van der Waals surface area (Å²) >= 11 is 0. The number of nitrogens with zero attached hydrogens (tertiary/aromatic N) is 1. The number of amides is 1. The Balaban J connectivity index is 1.68. The number of aliphatic hydroxyl groups is 1. The van der Waals surface area contributed by atoms with Gasteiger partial charge in [0.2, 0.25) is 0 Å². The number of aliphatic hydroxyl groups excluding tert-OH is 1. The smallest absolute Gasteiger partial charge is 0.300 e. The number of ether oxygens (including phenoxy) is 3. The van der Waals surface area contributed by atoms with Crippen molar-refractivity contribution in [1.29, 1.82) is 0 Å². The molecule has 5 rings (SSSR count). The molecule has 2 unspecified atom stereocenters. The van der Waals surface area contributed by atoms with Crippen LogP contribution in [0.5, 0.6) is 17.2 Å². The van der Waals surface area contributed by atoms with Crippen LogP contribution in [-0.4, -0.2) is 36.6 Å². The summed E-state index contributed by atoms with van der Waals surface area (Å²) in [6, 6.07) is 18.7. The van der Waals surface area contributed by atoms with Gasteiger partial charge in [-0.2, -0.15) is 0 Å². The van der Waals surface area contributed by atoms with Gasteiger partial charge in [0.05, 0.1) is 25.3 Å². The SMILES string of the molecule is CCCOc1cccc(N2C(=O)C(=O)/C(=C(/O)c3ccc4c(c3)CC(C)O4)C2c2ccccc2OC)c1. The third-order valence-electron chi connectivity index (χ3n) is 6.62. The number of hydrogen-bond acceptors (Lipinski definition) is 6. The molecule has 2 aliphatic heterocycles. The van der Waals surface area contributed by atoms with Crippen LogP contribution in [0.2, 0.25) is 0 Å². The fourth-order valence-electron chi connectivity index (χ4n) is 4.95. The van der Waals surface area contributed by atoms with E-state index in [1.807, 2.05) is 38.1 Å². The molecule has 1 N–H and O–H groups in total. The molecule has 0 aliphatic carbocycles. The van der Waals surface area contributed by atoms with Crippen molar-refractivity contribution in [3.63, 3.8) is 0 Å². The molecule has 3 aromatic rings. The van der Waals surface area contributed by atoms with Crippen molar-refractivity contribution in [3.05, 3.63) is 89.0 Å². The van der Waals surface area contributed by atoms with Crippen molar-refractivity contribution in [3.8, 4) is 17.2 Å². The second-order valence-electron chi connectivity index (χ2n) is 9.21. The number of rotatable bonds is 7. The van der Waals surface area contributed by atoms with Crippen LogP contribution in [-0.2, 0) is 16.0 Å². The third-order valence-corrected chi connectivity index (χ3v) is 6.62. The van der Waals surface area contributed by atoms with E-state index in [1.54, 1.807) is 42.5 Å². The zero-order valence-corrected chi connectivity index (χ0v) is 21.1. The van der Waals surface area contributed by atoms with Gasteiger partial charge in [0.1, 0.15) is 29.1 Å². The number of carbonyl (C=O) groups is 2. The molecule has 3 aromatic carbocycles. The van der Waals surface area contributed by atoms with Crippen LogP contribution in [0.1, 0.15) is 43.0 Å². The Morgan fingerprint density at radius 2 is 1.89 bits per heavy atom. The fourth-order valence-corrected chi connectivity index (χ4v) is 4.95. The van der Waals surface area contributed by atoms with Crippen LogP contribution in [0, 0.1) is 0 Å². The topological polar surface area (TPSA) is 85.3 Å². The molecule has 0 aromatic heterocycles. The lowest BCUT2D eigenvalue weighted by Gasteiger charge is -2.27. The number of para-hydroxylation sites is 1. The van der Waals surface area contributed by atoms with Crippen LogP contribution >= 0.6 is 0 Å². The summed E-state index contributed by atoms with van der Waals surface area (Å²) in [6.07, 6.45) is 1.57. The van der Waals surface area contributed by atoms with Gasteiger partial charge in [0.15, 0.2) is 0 Å². The number of hydrogen-bond donors (Lipinski definition) is 1. The predicted molar refractivity (Wildman–Crippen MR) is 140 cm³/mol. The summed E-state index contributed by atoms with van der Waals surface area (Å²) in [4.78, 5) is 28.5. The Morgan fingerprint density at radius 1 is 1.08 bits per heavy atom. The van der Waals surface area contributed by atoms with Crippen molar-refractivity contribution in [1.82, 2.24) is 0 Å². The van der Waals surface area contributed by atoms with E-state index in [9.17, 15) is 14.7 Å². The molecule has 1 saturated heterocycles. The van der Waals surface area contributed by atoms with Crippen LogP contribution in [0.25, 0.3) is 5.76 Å². The number of methoxy groups -OCH3 is 1. The molecule has 190 valence electrons. The molecular weight excluding hydrogens is 470 g/mol. The Kier molecular flexibility index (Phi) is 6.61. The zero-order chi connectivity index (χ0) is 26.1. The van der Waals surface area contributed by atoms with Gasteiger partial charge in [-0.15, -0.1) is 0 Å². The quantitative estimate of drug-likeness (QED) is 0.265. The lowest BCUT2D eigenvalue weighted by Crippen LogP contribution is -2.29. The Labute approximate surface area is 215 Å². The maximum atomic E-state index is 13.5. The molecule has 2 atom stereocenters. The van der Waals surface area contributed by atoms with Gasteiger partial charge in [-0.1, -0.05) is 31.2 Å². The van der Waals surface area contributed by atoms with Crippen molar-refractivity contribution in [2.45, 2.75) is 38.8 Å². The maximum absolute atomic E-state index is 13.5. The largest absolute Gasteiger partial charge is 0.507 e. The first-order valence-electron chi connectivity index (χ1n) is 12.4. The molecule has 2 aliphatic rings. The van der Waals surface area contributed by atoms with E-state index < -0.39 is 17.7 Å². The molecule has 0 bridgehead atoms. The maximum Gasteiger partial charge on any atom is 0.300 e. The number of carbonyl (C=O) groups excluding carboxylic acids is 2. The summed E-state index contributed by atoms with van der Waals surface area (Å²) in [5.74, 6) is 0.112. The van der Waals surface area contributed by atoms with E-state index in [0.717, 1.165) is 17.7 Å². The summed E-state index contributed by atoms with van der Waals surface area (Å²) in [7, 11) is 1.53. The van der Waals surface area contributed by atoms with E-state index in [4.69, 9.17) is 14.2 Å². The first-order chi connectivity index (χ1) is 17.9. The minimum Gasteiger partial charge on any atom is -0.507 e. The normalized spacial score (nSPS) is 20.0. The van der Waals surface area contributed by atoms with Gasteiger partial charge >= 0.3 is 0 Å². The molecule has 37 heavy (non-hydrogen) atoms. The molecular formula is C30H29NO6. The van der Waals surface area contributed by atoms with Crippen molar-refractivity contribution >= 4 is 23.1 Å². The van der Waals surface area contributed by atoms with Crippen LogP contribution in [0.3, 0.4) is 0 Å². The minimum absolute atomic E-state index is 0.00120. The predicted octanol–water partition coefficient (Wildman–Crippen LogP) is 5.43. The number of Topliss-reactive ketones (excluding diaryl/α,β-unsaturated/α-hetero) is 1. The standard InChI is InChI=1S/C30H29NO6/c1-4-14-36-22-9-7-8-21(17-22)31-27(23-10-5-6-11-25(23)35-3)26(29(33)30(31)34)28(32)19-12-13-24-20(16-19)15-18(2)37-24/h5-13,16-18,27,32H,4,14-15H2,1-3H3/b28-26+. The first kappa shape index (κ1) is 24.4. The summed E-state index contributed by atoms with van der Waals surface area (Å²) < 4.78 is 17.2. The molecule has 1 amide bonds. The fraction of sp³-hybridized carbons (Fsp3) is 0.267. The first-order valence-corrected chi connectivity index (χ1v) is 12.4. The van der Waals surface area contributed by atoms with Gasteiger partial charge in [0.25, 0.3) is 11.7 Å². The molecule has 0 spiro atoms. The Bertz CT molecular complexity index is 1390. The van der Waals surface area contributed by atoms with Gasteiger partial charge in [0, 0.05) is 29.3 Å². The lowest BCUT2D eigenvalue weighted by molar-refractivity contribution is -0.132. The highest BCUT2D eigenvalue weighted by atomic mass is 16.5. The van der Waals surface area contributed by atoms with Gasteiger partial charge in [-0.25, -0.2) is 0 Å². The number of anilines is 1. The average Bonchev–Trinajstić information content (AvgIpc) is 3.42. The highest BCUT2D eigenvalue weighted by Crippen LogP contribution is 2.45. The van der Waals surface area contributed by atoms with Crippen LogP contribution in [0.15, 0.2) is 72.3 Å². The number of fused-ring (bicyclic) bond motifs is 1. The molecule has 0 saturated carbocycles. The summed E-state index contributed by atoms with van der Waals surface area (Å²) in [5.41, 5.74) is 2.47. The highest BCUT2D eigenvalue weighted by Gasteiger charge is 2.48. The van der Waals surface area contributed by atoms with E-state index in [1.165, 1.54) is 12.0 Å². The van der Waals surface area contributed by atoms with Crippen LogP contribution in [0.4, 0.5) is 5.69 Å². The molecule has 2 heterocycles. The Hall–Kier alpha value is -4.26. The van der Waals surface area contributed by atoms with Crippen molar-refractivity contribution < 1.29 is 28.9 Å². The molecule has 7 heteroatoms. The Morgan fingerprint density at radius 3 is 2.68 bits per heavy atom. The minimum atomic E-state index is -0.902. The lowest BCUT2D eigenvalue weighted by atomic mass is 9.93. The van der Waals surface area contributed by atoms with Crippen molar-refractivity contribution in [2.75, 3.05) is 18.6 Å². The molecule has 7 nitrogen and oxygen atoms in total. The second kappa shape index (κ2) is 10.0. The van der Waals surface area contributed by atoms with E-state index in [2.05, 4.69) is 0 Å². The van der Waals surface area contributed by atoms with Crippen molar-refractivity contribution in [2.24, 2.45) is 0 Å². The number of benzene rings is 3. The van der Waals surface area contributed by atoms with Gasteiger partial charge in [-0.3, -0.25) is 14.5 Å². The van der Waals surface area contributed by atoms with E-state index in [0.29, 0.717) is 41.3 Å². The molecule has 1 fully saturated rings. The highest BCUT2D eigenvalue weighted by molar-refractivity contribution is 6.51. The monoisotopic (exact) mass is 499 g/mol. The van der Waals surface area contributed by atoms with E-state index in [-0.39, 0.29) is 17.4 Å².